The number of carbonyl (C=O) groups is 2. The van der Waals surface area contributed by atoms with Crippen molar-refractivity contribution in [1.29, 1.82) is 0 Å². The zero-order valence-corrected chi connectivity index (χ0v) is 14.5. The molecule has 0 amide bonds. The molecule has 0 atom stereocenters. The molecule has 2 aliphatic carbocycles. The summed E-state index contributed by atoms with van der Waals surface area (Å²) in [5, 5.41) is 0. The Kier molecular flexibility index (Phi) is 3.62. The number of hydrogen-bond donors (Lipinski definition) is 0. The van der Waals surface area contributed by atoms with Crippen molar-refractivity contribution in [3.8, 4) is 11.5 Å². The van der Waals surface area contributed by atoms with Crippen molar-refractivity contribution in [3.63, 3.8) is 0 Å². The highest BCUT2D eigenvalue weighted by molar-refractivity contribution is 6.04. The Morgan fingerprint density at radius 1 is 0.846 bits per heavy atom. The van der Waals surface area contributed by atoms with Gasteiger partial charge in [-0.05, 0) is 37.0 Å². The van der Waals surface area contributed by atoms with E-state index < -0.39 is 0 Å². The Morgan fingerprint density at radius 3 is 2.19 bits per heavy atom. The highest BCUT2D eigenvalue weighted by Crippen LogP contribution is 2.45. The van der Waals surface area contributed by atoms with E-state index in [0.717, 1.165) is 65.4 Å². The first-order valence-electron chi connectivity index (χ1n) is 9.29. The van der Waals surface area contributed by atoms with Crippen LogP contribution in [0.15, 0.2) is 40.9 Å². The molecule has 0 radical (unpaired) electrons. The number of ether oxygens (including phenoxy) is 3. The summed E-state index contributed by atoms with van der Waals surface area (Å²) in [5.74, 6) is 3.10. The standard InChI is InChI=1S/C21H20O5/c22-14-3-1-5-17-20(14)13(21-15(23)4-2-6-18(21)26-17)9-12-7-8-16-19(10-12)25-11-24-16/h7-8,10,13H,1-6,9,11H2. The number of rotatable bonds is 2. The lowest BCUT2D eigenvalue weighted by atomic mass is 9.74. The number of carbonyl (C=O) groups excluding carboxylic acids is 2. The average Bonchev–Trinajstić information content (AvgIpc) is 3.09. The molecule has 0 N–H and O–H groups in total. The Balaban J connectivity index is 1.56. The van der Waals surface area contributed by atoms with Crippen LogP contribution in [0.5, 0.6) is 11.5 Å². The molecule has 0 unspecified atom stereocenters. The van der Waals surface area contributed by atoms with Crippen LogP contribution in [0.3, 0.4) is 0 Å². The number of hydrogen-bond acceptors (Lipinski definition) is 5. The summed E-state index contributed by atoms with van der Waals surface area (Å²) in [5.41, 5.74) is 2.49. The Bertz CT molecular complexity index is 834. The summed E-state index contributed by atoms with van der Waals surface area (Å²) in [6.45, 7) is 0.234. The molecule has 26 heavy (non-hydrogen) atoms. The van der Waals surface area contributed by atoms with Gasteiger partial charge in [-0.25, -0.2) is 0 Å². The Labute approximate surface area is 151 Å². The second kappa shape index (κ2) is 6.01. The first kappa shape index (κ1) is 15.7. The number of fused-ring (bicyclic) bond motifs is 1. The second-order valence-corrected chi connectivity index (χ2v) is 7.27. The molecular formula is C21H20O5. The van der Waals surface area contributed by atoms with Crippen LogP contribution in [-0.2, 0) is 20.7 Å². The molecule has 0 saturated carbocycles. The zero-order valence-electron chi connectivity index (χ0n) is 14.5. The van der Waals surface area contributed by atoms with Crippen molar-refractivity contribution in [2.24, 2.45) is 5.92 Å². The summed E-state index contributed by atoms with van der Waals surface area (Å²) in [6, 6.07) is 5.84. The van der Waals surface area contributed by atoms with Crippen molar-refractivity contribution >= 4 is 11.6 Å². The van der Waals surface area contributed by atoms with E-state index >= 15 is 0 Å². The van der Waals surface area contributed by atoms with Crippen LogP contribution in [0.2, 0.25) is 0 Å². The van der Waals surface area contributed by atoms with Gasteiger partial charge in [0.15, 0.2) is 23.1 Å². The summed E-state index contributed by atoms with van der Waals surface area (Å²) in [6.07, 6.45) is 4.89. The minimum absolute atomic E-state index is 0.127. The van der Waals surface area contributed by atoms with E-state index in [1.54, 1.807) is 0 Å². The fourth-order valence-corrected chi connectivity index (χ4v) is 4.46. The van der Waals surface area contributed by atoms with Gasteiger partial charge in [-0.2, -0.15) is 0 Å². The van der Waals surface area contributed by atoms with Crippen LogP contribution < -0.4 is 9.47 Å². The number of benzene rings is 1. The van der Waals surface area contributed by atoms with E-state index in [-0.39, 0.29) is 24.3 Å². The highest BCUT2D eigenvalue weighted by Gasteiger charge is 2.40. The first-order chi connectivity index (χ1) is 12.7. The van der Waals surface area contributed by atoms with Crippen molar-refractivity contribution in [1.82, 2.24) is 0 Å². The van der Waals surface area contributed by atoms with Crippen LogP contribution in [0.25, 0.3) is 0 Å². The van der Waals surface area contributed by atoms with Crippen molar-refractivity contribution in [3.05, 3.63) is 46.4 Å². The van der Waals surface area contributed by atoms with E-state index in [2.05, 4.69) is 0 Å². The van der Waals surface area contributed by atoms with Gasteiger partial charge in [0, 0.05) is 42.7 Å². The topological polar surface area (TPSA) is 61.8 Å². The summed E-state index contributed by atoms with van der Waals surface area (Å²) in [4.78, 5) is 25.4. The maximum absolute atomic E-state index is 12.7. The predicted octanol–water partition coefficient (Wildman–Crippen LogP) is 3.62. The summed E-state index contributed by atoms with van der Waals surface area (Å²) in [7, 11) is 0. The molecule has 1 aromatic rings. The molecule has 4 aliphatic rings. The third-order valence-corrected chi connectivity index (χ3v) is 5.64. The van der Waals surface area contributed by atoms with Crippen molar-refractivity contribution < 1.29 is 23.8 Å². The van der Waals surface area contributed by atoms with Gasteiger partial charge in [-0.15, -0.1) is 0 Å². The molecule has 5 nitrogen and oxygen atoms in total. The fraction of sp³-hybridized carbons (Fsp3) is 0.429. The van der Waals surface area contributed by atoms with Crippen LogP contribution in [0.1, 0.15) is 44.1 Å². The zero-order chi connectivity index (χ0) is 17.7. The van der Waals surface area contributed by atoms with Crippen LogP contribution >= 0.6 is 0 Å². The lowest BCUT2D eigenvalue weighted by molar-refractivity contribution is -0.118. The lowest BCUT2D eigenvalue weighted by Crippen LogP contribution is -2.32. The molecule has 1 aromatic carbocycles. The van der Waals surface area contributed by atoms with Crippen LogP contribution in [-0.4, -0.2) is 18.4 Å². The van der Waals surface area contributed by atoms with Gasteiger partial charge in [-0.3, -0.25) is 9.59 Å². The van der Waals surface area contributed by atoms with Crippen LogP contribution in [0, 0.1) is 5.92 Å². The third kappa shape index (κ3) is 2.45. The number of ketones is 2. The molecule has 0 fully saturated rings. The van der Waals surface area contributed by atoms with Gasteiger partial charge in [0.05, 0.1) is 0 Å². The molecule has 0 saturated heterocycles. The molecule has 5 heteroatoms. The Morgan fingerprint density at radius 2 is 1.50 bits per heavy atom. The Hall–Kier alpha value is -2.56. The highest BCUT2D eigenvalue weighted by atomic mass is 16.7. The van der Waals surface area contributed by atoms with Gasteiger partial charge in [0.25, 0.3) is 0 Å². The molecule has 0 spiro atoms. The minimum atomic E-state index is -0.199. The van der Waals surface area contributed by atoms with Crippen molar-refractivity contribution in [2.45, 2.75) is 44.9 Å². The predicted molar refractivity (Wildman–Crippen MR) is 92.6 cm³/mol. The maximum atomic E-state index is 12.7. The largest absolute Gasteiger partial charge is 0.465 e. The SMILES string of the molecule is O=C1CCCC2=C1C(Cc1ccc3c(c1)OCO3)C1=C(CCCC1=O)O2. The van der Waals surface area contributed by atoms with Gasteiger partial charge in [-0.1, -0.05) is 6.07 Å². The molecule has 0 bridgehead atoms. The number of Topliss-reactive ketones (excluding diaryl/α,β-unsaturated/α-hetero) is 2. The first-order valence-corrected chi connectivity index (χ1v) is 9.29. The molecular weight excluding hydrogens is 332 g/mol. The average molecular weight is 352 g/mol. The van der Waals surface area contributed by atoms with Gasteiger partial charge < -0.3 is 14.2 Å². The maximum Gasteiger partial charge on any atom is 0.231 e. The molecule has 2 aliphatic heterocycles. The van der Waals surface area contributed by atoms with Gasteiger partial charge >= 0.3 is 0 Å². The third-order valence-electron chi connectivity index (χ3n) is 5.64. The van der Waals surface area contributed by atoms with Crippen LogP contribution in [0.4, 0.5) is 0 Å². The molecule has 2 heterocycles. The van der Waals surface area contributed by atoms with E-state index in [9.17, 15) is 9.59 Å². The molecule has 134 valence electrons. The molecule has 0 aromatic heterocycles. The summed E-state index contributed by atoms with van der Waals surface area (Å²) < 4.78 is 16.9. The minimum Gasteiger partial charge on any atom is -0.465 e. The van der Waals surface area contributed by atoms with E-state index in [0.29, 0.717) is 19.3 Å². The number of allylic oxidation sites excluding steroid dienone is 4. The van der Waals surface area contributed by atoms with E-state index in [1.165, 1.54) is 0 Å². The fourth-order valence-electron chi connectivity index (χ4n) is 4.46. The van der Waals surface area contributed by atoms with E-state index in [4.69, 9.17) is 14.2 Å². The van der Waals surface area contributed by atoms with Crippen molar-refractivity contribution in [2.75, 3.05) is 6.79 Å². The monoisotopic (exact) mass is 352 g/mol. The quantitative estimate of drug-likeness (QED) is 0.813. The smallest absolute Gasteiger partial charge is 0.231 e. The second-order valence-electron chi connectivity index (χ2n) is 7.27. The molecule has 5 rings (SSSR count). The van der Waals surface area contributed by atoms with Gasteiger partial charge in [0.2, 0.25) is 6.79 Å². The lowest BCUT2D eigenvalue weighted by Gasteiger charge is -2.35. The van der Waals surface area contributed by atoms with E-state index in [1.807, 2.05) is 18.2 Å². The van der Waals surface area contributed by atoms with Gasteiger partial charge in [0.1, 0.15) is 11.5 Å². The summed E-state index contributed by atoms with van der Waals surface area (Å²) >= 11 is 0. The normalized spacial score (nSPS) is 22.3.